The molecule has 1 fully saturated rings. The summed E-state index contributed by atoms with van der Waals surface area (Å²) in [6.45, 7) is 4.40. The van der Waals surface area contributed by atoms with Crippen LogP contribution in [-0.2, 0) is 4.79 Å². The number of anilines is 3. The third kappa shape index (κ3) is 5.45. The van der Waals surface area contributed by atoms with Gasteiger partial charge in [-0.15, -0.1) is 0 Å². The Kier molecular flexibility index (Phi) is 7.65. The number of halogens is 3. The molecule has 3 aromatic rings. The summed E-state index contributed by atoms with van der Waals surface area (Å²) in [5, 5.41) is 30.1. The van der Waals surface area contributed by atoms with Crippen molar-refractivity contribution in [2.75, 3.05) is 23.8 Å². The molecule has 204 valence electrons. The van der Waals surface area contributed by atoms with Crippen LogP contribution in [0.3, 0.4) is 0 Å². The van der Waals surface area contributed by atoms with Gasteiger partial charge in [-0.05, 0) is 45.2 Å². The van der Waals surface area contributed by atoms with Crippen LogP contribution < -0.4 is 10.6 Å². The van der Waals surface area contributed by atoms with E-state index in [1.807, 2.05) is 0 Å². The molecule has 4 rings (SSSR count). The fourth-order valence-corrected chi connectivity index (χ4v) is 5.06. The van der Waals surface area contributed by atoms with Gasteiger partial charge in [0.15, 0.2) is 17.0 Å². The van der Waals surface area contributed by atoms with Crippen molar-refractivity contribution in [3.63, 3.8) is 0 Å². The van der Waals surface area contributed by atoms with E-state index in [2.05, 4.69) is 20.7 Å². The predicted octanol–water partition coefficient (Wildman–Crippen LogP) is 4.05. The number of nitrogens with one attached hydrogen (secondary N) is 2. The van der Waals surface area contributed by atoms with Gasteiger partial charge in [0.05, 0.1) is 18.5 Å². The van der Waals surface area contributed by atoms with Crippen LogP contribution in [0.5, 0.6) is 5.75 Å². The van der Waals surface area contributed by atoms with Gasteiger partial charge in [0.1, 0.15) is 16.7 Å². The molecule has 2 unspecified atom stereocenters. The maximum atomic E-state index is 13.4. The molecule has 4 N–H and O–H groups in total. The van der Waals surface area contributed by atoms with Gasteiger partial charge in [-0.25, -0.2) is 4.98 Å². The lowest BCUT2D eigenvalue weighted by atomic mass is 10.1. The summed E-state index contributed by atoms with van der Waals surface area (Å²) in [6.07, 6.45) is -1.68. The number of aromatic hydroxyl groups is 1. The van der Waals surface area contributed by atoms with Gasteiger partial charge < -0.3 is 25.7 Å². The highest BCUT2D eigenvalue weighted by atomic mass is 32.1. The molecule has 3 heterocycles. The van der Waals surface area contributed by atoms with Gasteiger partial charge in [-0.1, -0.05) is 17.4 Å². The quantitative estimate of drug-likeness (QED) is 0.348. The van der Waals surface area contributed by atoms with Crippen molar-refractivity contribution in [3.8, 4) is 5.75 Å². The summed E-state index contributed by atoms with van der Waals surface area (Å²) in [4.78, 5) is 30.9. The SMILES string of the molecule is Cc1cn(C(CO)C(=O)N2CCCC2C(F)(F)F)nc1Nc1ncc(C(=O)Nc2c(C)ccc(O)c2C)s1. The predicted molar refractivity (Wildman–Crippen MR) is 135 cm³/mol. The highest BCUT2D eigenvalue weighted by molar-refractivity contribution is 7.17. The lowest BCUT2D eigenvalue weighted by molar-refractivity contribution is -0.184. The van der Waals surface area contributed by atoms with Crippen molar-refractivity contribution in [3.05, 3.63) is 46.1 Å². The number of likely N-dealkylation sites (tertiary alicyclic amines) is 1. The zero-order valence-electron chi connectivity index (χ0n) is 20.8. The highest BCUT2D eigenvalue weighted by Gasteiger charge is 2.49. The molecule has 2 amide bonds. The summed E-state index contributed by atoms with van der Waals surface area (Å²) in [5.41, 5.74) is 2.36. The van der Waals surface area contributed by atoms with Crippen LogP contribution in [0.1, 0.15) is 45.2 Å². The van der Waals surface area contributed by atoms with Gasteiger partial charge in [0, 0.05) is 23.9 Å². The summed E-state index contributed by atoms with van der Waals surface area (Å²) < 4.78 is 41.2. The largest absolute Gasteiger partial charge is 0.508 e. The van der Waals surface area contributed by atoms with Gasteiger partial charge in [-0.2, -0.15) is 18.3 Å². The minimum atomic E-state index is -4.55. The number of alkyl halides is 3. The van der Waals surface area contributed by atoms with E-state index < -0.39 is 36.7 Å². The number of hydrogen-bond acceptors (Lipinski definition) is 8. The fraction of sp³-hybridized carbons (Fsp3) is 0.417. The Morgan fingerprint density at radius 2 is 1.97 bits per heavy atom. The lowest BCUT2D eigenvalue weighted by Gasteiger charge is -2.29. The number of benzene rings is 1. The molecule has 1 saturated heterocycles. The summed E-state index contributed by atoms with van der Waals surface area (Å²) in [6, 6.07) is 0.0310. The first-order valence-electron chi connectivity index (χ1n) is 11.8. The lowest BCUT2D eigenvalue weighted by Crippen LogP contribution is -2.48. The van der Waals surface area contributed by atoms with Gasteiger partial charge in [0.25, 0.3) is 5.91 Å². The van der Waals surface area contributed by atoms with Crippen LogP contribution >= 0.6 is 11.3 Å². The fourth-order valence-electron chi connectivity index (χ4n) is 4.34. The third-order valence-electron chi connectivity index (χ3n) is 6.44. The van der Waals surface area contributed by atoms with Crippen molar-refractivity contribution in [1.82, 2.24) is 19.7 Å². The van der Waals surface area contributed by atoms with E-state index in [9.17, 15) is 33.0 Å². The molecule has 1 aliphatic heterocycles. The Hall–Kier alpha value is -3.65. The van der Waals surface area contributed by atoms with E-state index in [0.29, 0.717) is 21.9 Å². The van der Waals surface area contributed by atoms with Crippen LogP contribution in [0.2, 0.25) is 0 Å². The molecule has 0 aliphatic carbocycles. The average Bonchev–Trinajstić information content (AvgIpc) is 3.60. The number of phenolic OH excluding ortho intramolecular Hbond substituents is 1. The molecule has 2 aromatic heterocycles. The molecule has 10 nitrogen and oxygen atoms in total. The van der Waals surface area contributed by atoms with E-state index >= 15 is 0 Å². The van der Waals surface area contributed by atoms with Gasteiger partial charge in [-0.3, -0.25) is 14.3 Å². The minimum Gasteiger partial charge on any atom is -0.508 e. The van der Waals surface area contributed by atoms with Crippen molar-refractivity contribution in [2.45, 2.75) is 51.9 Å². The molecule has 1 aliphatic rings. The topological polar surface area (TPSA) is 133 Å². The van der Waals surface area contributed by atoms with Crippen LogP contribution in [0.15, 0.2) is 24.5 Å². The number of rotatable bonds is 7. The Labute approximate surface area is 220 Å². The number of amides is 2. The molecule has 14 heteroatoms. The van der Waals surface area contributed by atoms with E-state index in [-0.39, 0.29) is 35.8 Å². The number of nitrogens with zero attached hydrogens (tertiary/aromatic N) is 4. The van der Waals surface area contributed by atoms with Crippen molar-refractivity contribution in [2.24, 2.45) is 0 Å². The standard InChI is InChI=1S/C24H27F3N6O4S/c1-12-6-7-16(35)14(3)19(12)29-21(36)17-9-28-23(38-17)30-20-13(2)10-33(31-20)15(11-34)22(37)32-8-4-5-18(32)24(25,26)27/h6-7,9-10,15,18,34-35H,4-5,8,11H2,1-3H3,(H,29,36)(H,28,30,31). The second kappa shape index (κ2) is 10.6. The average molecular weight is 553 g/mol. The molecule has 38 heavy (non-hydrogen) atoms. The molecular weight excluding hydrogens is 525 g/mol. The van der Waals surface area contributed by atoms with E-state index in [4.69, 9.17) is 0 Å². The molecule has 0 saturated carbocycles. The number of carbonyl (C=O) groups excluding carboxylic acids is 2. The van der Waals surface area contributed by atoms with E-state index in [1.54, 1.807) is 32.9 Å². The minimum absolute atomic E-state index is 0.0452. The molecule has 0 bridgehead atoms. The van der Waals surface area contributed by atoms with Crippen LogP contribution in [0.25, 0.3) is 0 Å². The number of carbonyl (C=O) groups is 2. The number of aliphatic hydroxyl groups excluding tert-OH is 1. The Morgan fingerprint density at radius 3 is 2.66 bits per heavy atom. The van der Waals surface area contributed by atoms with Crippen LogP contribution in [-0.4, -0.2) is 67.1 Å². The number of hydrogen-bond donors (Lipinski definition) is 4. The number of aryl methyl sites for hydroxylation is 2. The second-order valence-corrected chi connectivity index (χ2v) is 10.1. The maximum absolute atomic E-state index is 13.4. The number of aromatic nitrogens is 3. The Balaban J connectivity index is 1.48. The molecule has 1 aromatic carbocycles. The smallest absolute Gasteiger partial charge is 0.408 e. The van der Waals surface area contributed by atoms with Crippen LogP contribution in [0.4, 0.5) is 29.8 Å². The zero-order chi connectivity index (χ0) is 27.8. The first-order chi connectivity index (χ1) is 17.9. The summed E-state index contributed by atoms with van der Waals surface area (Å²) in [7, 11) is 0. The van der Waals surface area contributed by atoms with Crippen molar-refractivity contribution in [1.29, 1.82) is 0 Å². The van der Waals surface area contributed by atoms with Gasteiger partial charge >= 0.3 is 6.18 Å². The van der Waals surface area contributed by atoms with Gasteiger partial charge in [0.2, 0.25) is 5.91 Å². The Bertz CT molecular complexity index is 1360. The second-order valence-electron chi connectivity index (χ2n) is 9.08. The van der Waals surface area contributed by atoms with Crippen molar-refractivity contribution >= 4 is 39.8 Å². The first-order valence-corrected chi connectivity index (χ1v) is 12.6. The number of phenols is 1. The number of aliphatic hydroxyl groups is 1. The monoisotopic (exact) mass is 552 g/mol. The normalized spacial score (nSPS) is 16.5. The molecular formula is C24H27F3N6O4S. The van der Waals surface area contributed by atoms with E-state index in [1.165, 1.54) is 12.4 Å². The molecule has 2 atom stereocenters. The Morgan fingerprint density at radius 1 is 1.24 bits per heavy atom. The zero-order valence-corrected chi connectivity index (χ0v) is 21.7. The number of thiazole rings is 1. The first kappa shape index (κ1) is 27.4. The van der Waals surface area contributed by atoms with Crippen molar-refractivity contribution < 1.29 is 33.0 Å². The molecule has 0 radical (unpaired) electrons. The van der Waals surface area contributed by atoms with E-state index in [0.717, 1.165) is 26.5 Å². The third-order valence-corrected chi connectivity index (χ3v) is 7.36. The summed E-state index contributed by atoms with van der Waals surface area (Å²) >= 11 is 1.04. The highest BCUT2D eigenvalue weighted by Crippen LogP contribution is 2.34. The van der Waals surface area contributed by atoms with Crippen LogP contribution in [0, 0.1) is 20.8 Å². The molecule has 0 spiro atoms. The maximum Gasteiger partial charge on any atom is 0.408 e. The summed E-state index contributed by atoms with van der Waals surface area (Å²) in [5.74, 6) is -0.953.